The van der Waals surface area contributed by atoms with Gasteiger partial charge in [0, 0.05) is 24.8 Å². The molecule has 4 rings (SSSR count). The van der Waals surface area contributed by atoms with Crippen LogP contribution in [0.25, 0.3) is 5.65 Å². The van der Waals surface area contributed by atoms with Crippen LogP contribution in [0, 0.1) is 13.8 Å². The molecule has 3 aromatic rings. The van der Waals surface area contributed by atoms with Crippen LogP contribution in [0.5, 0.6) is 0 Å². The topological polar surface area (TPSA) is 57.8 Å². The molecule has 0 radical (unpaired) electrons. The van der Waals surface area contributed by atoms with E-state index in [0.29, 0.717) is 22.6 Å². The number of benzene rings is 1. The fraction of sp³-hybridized carbons (Fsp3) is 0.300. The average Bonchev–Trinajstić information content (AvgIpc) is 3.01. The van der Waals surface area contributed by atoms with E-state index in [1.54, 1.807) is 17.5 Å². The highest BCUT2D eigenvalue weighted by Crippen LogP contribution is 2.29. The number of fused-ring (bicyclic) bond motifs is 2. The first kappa shape index (κ1) is 15.8. The summed E-state index contributed by atoms with van der Waals surface area (Å²) in [6, 6.07) is 10.2. The molecule has 1 aromatic carbocycles. The van der Waals surface area contributed by atoms with E-state index < -0.39 is 6.10 Å². The Labute approximate surface area is 146 Å². The molecule has 128 valence electrons. The van der Waals surface area contributed by atoms with E-state index in [1.165, 1.54) is 11.1 Å². The molecule has 0 fully saturated rings. The normalized spacial score (nSPS) is 14.8. The second kappa shape index (κ2) is 5.70. The molecule has 0 aliphatic carbocycles. The maximum atomic E-state index is 12.9. The van der Waals surface area contributed by atoms with E-state index >= 15 is 0 Å². The first-order valence-corrected chi connectivity index (χ1v) is 8.49. The van der Waals surface area contributed by atoms with Gasteiger partial charge in [-0.3, -0.25) is 9.20 Å². The van der Waals surface area contributed by atoms with Gasteiger partial charge in [0.1, 0.15) is 11.5 Å². The lowest BCUT2D eigenvalue weighted by Gasteiger charge is -2.21. The standard InChI is InChI=1S/C20H21N3O2/c1-12-8-17(14(3)24)19-21-18(13(2)20(25)23(19)9-12)22-10-15-6-4-5-7-16(15)11-22/h4-9,14,24H,10-11H2,1-3H3. The summed E-state index contributed by atoms with van der Waals surface area (Å²) >= 11 is 0. The van der Waals surface area contributed by atoms with Crippen molar-refractivity contribution in [3.05, 3.63) is 74.7 Å². The maximum Gasteiger partial charge on any atom is 0.262 e. The Bertz CT molecular complexity index is 1010. The van der Waals surface area contributed by atoms with Crippen LogP contribution in [-0.2, 0) is 13.1 Å². The molecule has 0 saturated carbocycles. The van der Waals surface area contributed by atoms with E-state index in [2.05, 4.69) is 17.0 Å². The molecule has 0 spiro atoms. The van der Waals surface area contributed by atoms with Gasteiger partial charge in [0.25, 0.3) is 5.56 Å². The number of aromatic nitrogens is 2. The molecule has 3 heterocycles. The van der Waals surface area contributed by atoms with Gasteiger partial charge >= 0.3 is 0 Å². The zero-order chi connectivity index (χ0) is 17.7. The third-order valence-corrected chi connectivity index (χ3v) is 4.88. The summed E-state index contributed by atoms with van der Waals surface area (Å²) in [7, 11) is 0. The van der Waals surface area contributed by atoms with E-state index in [0.717, 1.165) is 18.7 Å². The fourth-order valence-electron chi connectivity index (χ4n) is 3.58. The molecule has 5 nitrogen and oxygen atoms in total. The quantitative estimate of drug-likeness (QED) is 0.782. The highest BCUT2D eigenvalue weighted by Gasteiger charge is 2.24. The second-order valence-corrected chi connectivity index (χ2v) is 6.83. The summed E-state index contributed by atoms with van der Waals surface area (Å²) in [6.45, 7) is 6.93. The van der Waals surface area contributed by atoms with Crippen molar-refractivity contribution in [1.82, 2.24) is 9.38 Å². The summed E-state index contributed by atoms with van der Waals surface area (Å²) < 4.78 is 1.55. The van der Waals surface area contributed by atoms with Crippen LogP contribution in [0.1, 0.15) is 40.8 Å². The molecule has 1 atom stereocenters. The summed E-state index contributed by atoms with van der Waals surface area (Å²) in [5, 5.41) is 10.1. The molecule has 5 heteroatoms. The second-order valence-electron chi connectivity index (χ2n) is 6.83. The Morgan fingerprint density at radius 3 is 2.40 bits per heavy atom. The Hall–Kier alpha value is -2.66. The van der Waals surface area contributed by atoms with Crippen molar-refractivity contribution in [2.45, 2.75) is 40.0 Å². The fourth-order valence-corrected chi connectivity index (χ4v) is 3.58. The van der Waals surface area contributed by atoms with Gasteiger partial charge in [0.15, 0.2) is 0 Å². The summed E-state index contributed by atoms with van der Waals surface area (Å²) in [4.78, 5) is 19.8. The van der Waals surface area contributed by atoms with Crippen LogP contribution < -0.4 is 10.5 Å². The minimum absolute atomic E-state index is 0.0819. The first-order chi connectivity index (χ1) is 12.0. The zero-order valence-electron chi connectivity index (χ0n) is 14.7. The van der Waals surface area contributed by atoms with Crippen molar-refractivity contribution in [2.24, 2.45) is 0 Å². The molecule has 0 bridgehead atoms. The van der Waals surface area contributed by atoms with Gasteiger partial charge in [0.2, 0.25) is 0 Å². The molecule has 25 heavy (non-hydrogen) atoms. The highest BCUT2D eigenvalue weighted by molar-refractivity contribution is 5.59. The van der Waals surface area contributed by atoms with Crippen molar-refractivity contribution >= 4 is 11.5 Å². The van der Waals surface area contributed by atoms with Crippen LogP contribution in [0.4, 0.5) is 5.82 Å². The van der Waals surface area contributed by atoms with E-state index in [9.17, 15) is 9.90 Å². The SMILES string of the molecule is Cc1cc(C(C)O)c2nc(N3Cc4ccccc4C3)c(C)c(=O)n2c1. The molecular weight excluding hydrogens is 314 g/mol. The number of anilines is 1. The Morgan fingerprint density at radius 2 is 1.80 bits per heavy atom. The van der Waals surface area contributed by atoms with Crippen LogP contribution >= 0.6 is 0 Å². The van der Waals surface area contributed by atoms with E-state index in [4.69, 9.17) is 4.98 Å². The molecule has 0 saturated heterocycles. The molecule has 0 amide bonds. The average molecular weight is 335 g/mol. The van der Waals surface area contributed by atoms with E-state index in [-0.39, 0.29) is 5.56 Å². The minimum atomic E-state index is -0.687. The van der Waals surface area contributed by atoms with Gasteiger partial charge in [-0.05, 0) is 43.5 Å². The van der Waals surface area contributed by atoms with Gasteiger partial charge in [0.05, 0.1) is 11.7 Å². The van der Waals surface area contributed by atoms with Gasteiger partial charge in [-0.1, -0.05) is 24.3 Å². The molecule has 2 aromatic heterocycles. The predicted octanol–water partition coefficient (Wildman–Crippen LogP) is 2.88. The van der Waals surface area contributed by atoms with Gasteiger partial charge in [-0.2, -0.15) is 0 Å². The molecule has 1 aliphatic heterocycles. The Kier molecular flexibility index (Phi) is 3.62. The highest BCUT2D eigenvalue weighted by atomic mass is 16.3. The van der Waals surface area contributed by atoms with Gasteiger partial charge in [-0.25, -0.2) is 4.98 Å². The number of nitrogens with zero attached hydrogens (tertiary/aromatic N) is 3. The third-order valence-electron chi connectivity index (χ3n) is 4.88. The van der Waals surface area contributed by atoms with Crippen molar-refractivity contribution in [3.63, 3.8) is 0 Å². The maximum absolute atomic E-state index is 12.9. The zero-order valence-corrected chi connectivity index (χ0v) is 14.7. The Morgan fingerprint density at radius 1 is 1.16 bits per heavy atom. The van der Waals surface area contributed by atoms with Crippen LogP contribution in [0.3, 0.4) is 0 Å². The lowest BCUT2D eigenvalue weighted by Crippen LogP contribution is -2.26. The van der Waals surface area contributed by atoms with Crippen molar-refractivity contribution in [2.75, 3.05) is 4.90 Å². The first-order valence-electron chi connectivity index (χ1n) is 8.49. The number of hydrogen-bond donors (Lipinski definition) is 1. The lowest BCUT2D eigenvalue weighted by molar-refractivity contribution is 0.200. The summed E-state index contributed by atoms with van der Waals surface area (Å²) in [6.07, 6.45) is 1.10. The number of rotatable bonds is 2. The van der Waals surface area contributed by atoms with Crippen molar-refractivity contribution in [1.29, 1.82) is 0 Å². The van der Waals surface area contributed by atoms with Gasteiger partial charge in [-0.15, -0.1) is 0 Å². The minimum Gasteiger partial charge on any atom is -0.389 e. The predicted molar refractivity (Wildman–Crippen MR) is 97.9 cm³/mol. The largest absolute Gasteiger partial charge is 0.389 e. The summed E-state index contributed by atoms with van der Waals surface area (Å²) in [5.41, 5.74) is 5.21. The molecule has 1 aliphatic rings. The lowest BCUT2D eigenvalue weighted by atomic mass is 10.1. The monoisotopic (exact) mass is 335 g/mol. The van der Waals surface area contributed by atoms with Crippen molar-refractivity contribution < 1.29 is 5.11 Å². The van der Waals surface area contributed by atoms with Gasteiger partial charge < -0.3 is 10.0 Å². The Balaban J connectivity index is 1.92. The number of aliphatic hydroxyl groups excluding tert-OH is 1. The van der Waals surface area contributed by atoms with Crippen molar-refractivity contribution in [3.8, 4) is 0 Å². The number of aliphatic hydroxyl groups is 1. The number of aryl methyl sites for hydroxylation is 1. The van der Waals surface area contributed by atoms with Crippen LogP contribution in [-0.4, -0.2) is 14.5 Å². The molecular formula is C20H21N3O2. The summed E-state index contributed by atoms with van der Waals surface area (Å²) in [5.74, 6) is 0.701. The number of hydrogen-bond acceptors (Lipinski definition) is 4. The smallest absolute Gasteiger partial charge is 0.262 e. The molecule has 1 N–H and O–H groups in total. The van der Waals surface area contributed by atoms with Crippen LogP contribution in [0.15, 0.2) is 41.3 Å². The third kappa shape index (κ3) is 2.51. The molecule has 1 unspecified atom stereocenters. The van der Waals surface area contributed by atoms with Crippen LogP contribution in [0.2, 0.25) is 0 Å². The van der Waals surface area contributed by atoms with E-state index in [1.807, 2.05) is 32.0 Å². The number of pyridine rings is 1.